The van der Waals surface area contributed by atoms with E-state index in [1.807, 2.05) is 19.9 Å². The van der Waals surface area contributed by atoms with Crippen molar-refractivity contribution in [2.45, 2.75) is 46.1 Å². The zero-order chi connectivity index (χ0) is 12.4. The van der Waals surface area contributed by atoms with Crippen LogP contribution in [0.4, 0.5) is 0 Å². The number of hydrogen-bond acceptors (Lipinski definition) is 3. The first-order chi connectivity index (χ1) is 7.61. The second-order valence-corrected chi connectivity index (χ2v) is 3.96. The van der Waals surface area contributed by atoms with Gasteiger partial charge in [-0.1, -0.05) is 19.8 Å². The van der Waals surface area contributed by atoms with E-state index in [9.17, 15) is 4.79 Å². The number of hydrogen-bond donors (Lipinski definition) is 2. The van der Waals surface area contributed by atoms with Crippen LogP contribution in [0.15, 0.2) is 11.8 Å². The molecule has 90 valence electrons. The number of unbranched alkanes of at least 4 members (excludes halogenated alkanes) is 2. The summed E-state index contributed by atoms with van der Waals surface area (Å²) in [5, 5.41) is 14.4. The van der Waals surface area contributed by atoms with Crippen LogP contribution in [0.25, 0.3) is 0 Å². The molecule has 0 bridgehead atoms. The van der Waals surface area contributed by atoms with Crippen LogP contribution in [0.5, 0.6) is 0 Å². The van der Waals surface area contributed by atoms with Gasteiger partial charge < -0.3 is 10.6 Å². The Bertz CT molecular complexity index is 276. The summed E-state index contributed by atoms with van der Waals surface area (Å²) in [4.78, 5) is 11.5. The molecule has 0 unspecified atom stereocenters. The molecule has 0 atom stereocenters. The van der Waals surface area contributed by atoms with Gasteiger partial charge in [-0.3, -0.25) is 4.79 Å². The van der Waals surface area contributed by atoms with Crippen molar-refractivity contribution in [1.82, 2.24) is 10.6 Å². The standard InChI is InChI=1S/C12H21N3O/c1-4-5-6-7-14-9-11(8-13)12(16)15-10(2)3/h9-10,14H,4-7H2,1-3H3,(H,15,16)/b11-9-. The first-order valence-electron chi connectivity index (χ1n) is 5.76. The normalized spacial score (nSPS) is 11.1. The highest BCUT2D eigenvalue weighted by Gasteiger charge is 2.08. The number of nitrogens with one attached hydrogen (secondary N) is 2. The van der Waals surface area contributed by atoms with E-state index in [1.165, 1.54) is 6.20 Å². The van der Waals surface area contributed by atoms with Crippen LogP contribution >= 0.6 is 0 Å². The number of carbonyl (C=O) groups excluding carboxylic acids is 1. The Hall–Kier alpha value is -1.50. The van der Waals surface area contributed by atoms with Crippen molar-refractivity contribution < 1.29 is 4.79 Å². The van der Waals surface area contributed by atoms with Gasteiger partial charge in [-0.05, 0) is 20.3 Å². The van der Waals surface area contributed by atoms with E-state index in [1.54, 1.807) is 0 Å². The number of nitrogens with zero attached hydrogens (tertiary/aromatic N) is 1. The van der Waals surface area contributed by atoms with Crippen molar-refractivity contribution >= 4 is 5.91 Å². The third-order valence-corrected chi connectivity index (χ3v) is 1.96. The minimum atomic E-state index is -0.319. The largest absolute Gasteiger partial charge is 0.390 e. The molecule has 0 aliphatic carbocycles. The van der Waals surface area contributed by atoms with E-state index in [-0.39, 0.29) is 17.5 Å². The van der Waals surface area contributed by atoms with E-state index in [2.05, 4.69) is 17.6 Å². The Morgan fingerprint density at radius 2 is 2.12 bits per heavy atom. The summed E-state index contributed by atoms with van der Waals surface area (Å²) in [6.07, 6.45) is 4.86. The Morgan fingerprint density at radius 1 is 1.44 bits per heavy atom. The third-order valence-electron chi connectivity index (χ3n) is 1.96. The fourth-order valence-electron chi connectivity index (χ4n) is 1.14. The maximum atomic E-state index is 11.5. The molecule has 0 saturated carbocycles. The van der Waals surface area contributed by atoms with Gasteiger partial charge in [0.2, 0.25) is 0 Å². The van der Waals surface area contributed by atoms with Gasteiger partial charge in [-0.2, -0.15) is 5.26 Å². The SMILES string of the molecule is CCCCCN/C=C(/C#N)C(=O)NC(C)C. The van der Waals surface area contributed by atoms with E-state index in [0.29, 0.717) is 0 Å². The highest BCUT2D eigenvalue weighted by atomic mass is 16.1. The maximum Gasteiger partial charge on any atom is 0.263 e. The molecule has 4 heteroatoms. The molecule has 0 aliphatic rings. The summed E-state index contributed by atoms with van der Waals surface area (Å²) in [6.45, 7) is 6.66. The van der Waals surface area contributed by atoms with Crippen LogP contribution in [0, 0.1) is 11.3 Å². The lowest BCUT2D eigenvalue weighted by Crippen LogP contribution is -2.31. The van der Waals surface area contributed by atoms with Crippen LogP contribution in [0.1, 0.15) is 40.0 Å². The Kier molecular flexibility index (Phi) is 7.96. The lowest BCUT2D eigenvalue weighted by molar-refractivity contribution is -0.117. The summed E-state index contributed by atoms with van der Waals surface area (Å²) < 4.78 is 0. The molecular weight excluding hydrogens is 202 g/mol. The molecule has 0 aromatic carbocycles. The van der Waals surface area contributed by atoms with Gasteiger partial charge in [0.25, 0.3) is 5.91 Å². The second kappa shape index (κ2) is 8.78. The van der Waals surface area contributed by atoms with Crippen molar-refractivity contribution in [2.24, 2.45) is 0 Å². The van der Waals surface area contributed by atoms with Crippen LogP contribution in [-0.2, 0) is 4.79 Å². The minimum Gasteiger partial charge on any atom is -0.390 e. The molecule has 0 saturated heterocycles. The molecule has 0 radical (unpaired) electrons. The average molecular weight is 223 g/mol. The smallest absolute Gasteiger partial charge is 0.263 e. The molecule has 0 rings (SSSR count). The van der Waals surface area contributed by atoms with Gasteiger partial charge in [-0.15, -0.1) is 0 Å². The monoisotopic (exact) mass is 223 g/mol. The zero-order valence-corrected chi connectivity index (χ0v) is 10.3. The molecule has 0 heterocycles. The maximum absolute atomic E-state index is 11.5. The van der Waals surface area contributed by atoms with Crippen LogP contribution in [-0.4, -0.2) is 18.5 Å². The van der Waals surface area contributed by atoms with Gasteiger partial charge in [-0.25, -0.2) is 0 Å². The van der Waals surface area contributed by atoms with Crippen molar-refractivity contribution in [3.8, 4) is 6.07 Å². The zero-order valence-electron chi connectivity index (χ0n) is 10.3. The molecule has 0 aromatic heterocycles. The van der Waals surface area contributed by atoms with Crippen molar-refractivity contribution in [3.05, 3.63) is 11.8 Å². The molecule has 1 amide bonds. The molecule has 0 spiro atoms. The highest BCUT2D eigenvalue weighted by Crippen LogP contribution is 1.94. The molecule has 0 fully saturated rings. The van der Waals surface area contributed by atoms with Crippen LogP contribution in [0.3, 0.4) is 0 Å². The van der Waals surface area contributed by atoms with Crippen molar-refractivity contribution in [1.29, 1.82) is 5.26 Å². The van der Waals surface area contributed by atoms with Gasteiger partial charge in [0, 0.05) is 18.8 Å². The quantitative estimate of drug-likeness (QED) is 0.392. The lowest BCUT2D eigenvalue weighted by Gasteiger charge is -2.07. The van der Waals surface area contributed by atoms with E-state index < -0.39 is 0 Å². The summed E-state index contributed by atoms with van der Waals surface area (Å²) in [5.41, 5.74) is 0.130. The molecule has 0 aromatic rings. The van der Waals surface area contributed by atoms with E-state index in [4.69, 9.17) is 5.26 Å². The summed E-state index contributed by atoms with van der Waals surface area (Å²) in [7, 11) is 0. The van der Waals surface area contributed by atoms with Crippen LogP contribution in [0.2, 0.25) is 0 Å². The predicted octanol–water partition coefficient (Wildman–Crippen LogP) is 1.70. The first-order valence-corrected chi connectivity index (χ1v) is 5.76. The highest BCUT2D eigenvalue weighted by molar-refractivity contribution is 5.97. The van der Waals surface area contributed by atoms with Crippen molar-refractivity contribution in [2.75, 3.05) is 6.54 Å². The Balaban J connectivity index is 4.02. The van der Waals surface area contributed by atoms with E-state index in [0.717, 1.165) is 25.8 Å². The first kappa shape index (κ1) is 14.5. The van der Waals surface area contributed by atoms with Crippen molar-refractivity contribution in [3.63, 3.8) is 0 Å². The predicted molar refractivity (Wildman–Crippen MR) is 64.5 cm³/mol. The summed E-state index contributed by atoms with van der Waals surface area (Å²) in [5.74, 6) is -0.319. The van der Waals surface area contributed by atoms with Gasteiger partial charge in [0.15, 0.2) is 0 Å². The van der Waals surface area contributed by atoms with Gasteiger partial charge in [0.05, 0.1) is 0 Å². The second-order valence-electron chi connectivity index (χ2n) is 3.96. The van der Waals surface area contributed by atoms with Gasteiger partial charge >= 0.3 is 0 Å². The van der Waals surface area contributed by atoms with Gasteiger partial charge in [0.1, 0.15) is 11.6 Å². The third kappa shape index (κ3) is 6.88. The minimum absolute atomic E-state index is 0.0457. The molecular formula is C12H21N3O. The molecule has 0 aliphatic heterocycles. The number of amides is 1. The van der Waals surface area contributed by atoms with Crippen LogP contribution < -0.4 is 10.6 Å². The number of rotatable bonds is 7. The fourth-order valence-corrected chi connectivity index (χ4v) is 1.14. The Labute approximate surface area is 97.7 Å². The number of nitriles is 1. The lowest BCUT2D eigenvalue weighted by atomic mass is 10.2. The average Bonchev–Trinajstić information content (AvgIpc) is 2.22. The summed E-state index contributed by atoms with van der Waals surface area (Å²) >= 11 is 0. The number of carbonyl (C=O) groups is 1. The summed E-state index contributed by atoms with van der Waals surface area (Å²) in [6, 6.07) is 1.93. The van der Waals surface area contributed by atoms with E-state index >= 15 is 0 Å². The molecule has 2 N–H and O–H groups in total. The fraction of sp³-hybridized carbons (Fsp3) is 0.667. The topological polar surface area (TPSA) is 64.9 Å². The molecule has 16 heavy (non-hydrogen) atoms. The Morgan fingerprint density at radius 3 is 2.62 bits per heavy atom. The molecule has 4 nitrogen and oxygen atoms in total.